The number of methoxy groups -OCH3 is 2. The molecule has 4 aromatic carbocycles. The number of rotatable bonds is 11. The predicted octanol–water partition coefficient (Wildman–Crippen LogP) is 5.29. The van der Waals surface area contributed by atoms with Crippen molar-refractivity contribution >= 4 is 96.1 Å². The number of halogens is 18. The molecule has 0 saturated carbocycles. The first-order valence-corrected chi connectivity index (χ1v) is 19.4. The number of hydrogen-bond donors (Lipinski definition) is 3. The molecule has 4 rings (SSSR count). The number of carbonyl (C=O) groups excluding carboxylic acids is 3. The molecule has 0 aromatic heterocycles. The van der Waals surface area contributed by atoms with Crippen LogP contribution < -0.4 is 128 Å². The number of nitro benzene ring substituents is 2. The summed E-state index contributed by atoms with van der Waals surface area (Å²) in [5.74, 6) is -3.12. The number of benzene rings is 4. The average Bonchev–Trinajstić information content (AvgIpc) is 3.26. The maximum Gasteiger partial charge on any atom is 1.00 e. The van der Waals surface area contributed by atoms with E-state index in [2.05, 4.69) is 47.4 Å². The van der Waals surface area contributed by atoms with Gasteiger partial charge in [-0.2, -0.15) is 52.7 Å². The third-order valence-corrected chi connectivity index (χ3v) is 10.1. The summed E-state index contributed by atoms with van der Waals surface area (Å²) in [7, 11) is 3.07. The number of anilines is 2. The molecule has 0 fully saturated rings. The molecular weight excluding hydrogens is 1260 g/mol. The molecule has 3 N–H and O–H groups in total. The van der Waals surface area contributed by atoms with E-state index in [-0.39, 0.29) is 146 Å². The zero-order valence-corrected chi connectivity index (χ0v) is 46.9. The maximum atomic E-state index is 14.3. The Kier molecular flexibility index (Phi) is 28.9. The van der Waals surface area contributed by atoms with Gasteiger partial charge in [-0.05, 0) is 68.3 Å². The molecule has 2 amide bonds. The molecule has 0 aliphatic carbocycles. The van der Waals surface area contributed by atoms with Gasteiger partial charge in [0.05, 0.1) is 56.6 Å². The van der Waals surface area contributed by atoms with Gasteiger partial charge < -0.3 is 36.8 Å². The molecule has 0 radical (unpaired) electrons. The molecule has 0 atom stereocenters. The van der Waals surface area contributed by atoms with Gasteiger partial charge >= 0.3 is 150 Å². The third-order valence-electron chi connectivity index (χ3n) is 8.24. The number of nitrogens with zero attached hydrogens (tertiary/aromatic N) is 2. The van der Waals surface area contributed by atoms with Crippen molar-refractivity contribution in [1.29, 1.82) is 0 Å². The maximum absolute atomic E-state index is 14.3. The van der Waals surface area contributed by atoms with Gasteiger partial charge in [-0.25, -0.2) is 8.78 Å². The van der Waals surface area contributed by atoms with E-state index in [1.807, 2.05) is 0 Å². The van der Waals surface area contributed by atoms with E-state index in [0.29, 0.717) is 0 Å². The van der Waals surface area contributed by atoms with Crippen LogP contribution in [0.15, 0.2) is 69.6 Å². The van der Waals surface area contributed by atoms with Crippen LogP contribution in [0.4, 0.5) is 84.2 Å². The summed E-state index contributed by atoms with van der Waals surface area (Å²) in [6, 6.07) is 7.00. The minimum Gasteiger partial charge on any atom is -1.00 e. The summed E-state index contributed by atoms with van der Waals surface area (Å²) in [5.41, 5.74) is -18.2. The summed E-state index contributed by atoms with van der Waals surface area (Å²) in [6.07, 6.45) is -25.5. The third kappa shape index (κ3) is 16.5. The van der Waals surface area contributed by atoms with Crippen LogP contribution in [0.2, 0.25) is 10.0 Å². The molecule has 0 heterocycles. The van der Waals surface area contributed by atoms with Crippen LogP contribution in [-0.4, -0.2) is 79.3 Å². The van der Waals surface area contributed by atoms with Gasteiger partial charge in [0.1, 0.15) is 0 Å². The van der Waals surface area contributed by atoms with Gasteiger partial charge in [-0.15, -0.1) is 0 Å². The second-order valence-electron chi connectivity index (χ2n) is 12.3. The number of nitrogens with one attached hydrogen (secondary N) is 2. The number of nitro groups is 2. The van der Waals surface area contributed by atoms with Crippen molar-refractivity contribution in [2.45, 2.75) is 36.0 Å². The van der Waals surface area contributed by atoms with Crippen molar-refractivity contribution < 1.29 is 215 Å². The molecule has 0 unspecified atom stereocenters. The first-order chi connectivity index (χ1) is 32.0. The summed E-state index contributed by atoms with van der Waals surface area (Å²) < 4.78 is 193. The van der Waals surface area contributed by atoms with Crippen LogP contribution in [0.1, 0.15) is 33.3 Å². The van der Waals surface area contributed by atoms with Crippen LogP contribution >= 0.6 is 55.1 Å². The SMILES string of the molecule is CO.COc1c(C(=O)Nc2c(Cl)cc(C(F)(C(F)(F)F)C(F)(F)F)cc2Br)cccc1[N+](=O)[O-].COc1c(C(=O)Nc2c(Cl)cc(C(F)(C(F)(F)F)C(F)(F)F)cc2Br)cccc1[N+](=O)[O-].O=CO[O-].[H-].[K+].[K+]. The molecule has 4 aromatic rings. The van der Waals surface area contributed by atoms with Gasteiger partial charge in [0.25, 0.3) is 18.3 Å². The fraction of sp³-hybridized carbons (Fsp3) is 0.250. The molecule has 0 aliphatic heterocycles. The molecule has 36 heteroatoms. The number of para-hydroxylation sites is 2. The average molecular weight is 1280 g/mol. The number of hydrogen-bond acceptors (Lipinski definition) is 12. The van der Waals surface area contributed by atoms with Gasteiger partial charge in [0, 0.05) is 39.3 Å². The van der Waals surface area contributed by atoms with Gasteiger partial charge in [0.15, 0.2) is 0 Å². The number of ether oxygens (including phenoxy) is 2. The van der Waals surface area contributed by atoms with E-state index in [1.165, 1.54) is 0 Å². The fourth-order valence-corrected chi connectivity index (χ4v) is 7.12. The topological polar surface area (TPSA) is 233 Å². The van der Waals surface area contributed by atoms with Crippen LogP contribution in [0.25, 0.3) is 0 Å². The predicted molar refractivity (Wildman–Crippen MR) is 220 cm³/mol. The monoisotopic (exact) mass is 1280 g/mol. The van der Waals surface area contributed by atoms with E-state index in [4.69, 9.17) is 47.8 Å². The molecule has 388 valence electrons. The Balaban J connectivity index is -0.00000117. The second-order valence-corrected chi connectivity index (χ2v) is 14.8. The Morgan fingerprint density at radius 3 is 1.08 bits per heavy atom. The first kappa shape index (κ1) is 71.5. The molecule has 0 saturated heterocycles. The number of aliphatic hydroxyl groups is 1. The van der Waals surface area contributed by atoms with Gasteiger partial charge in [-0.1, -0.05) is 35.3 Å². The van der Waals surface area contributed by atoms with Crippen molar-refractivity contribution in [3.8, 4) is 11.5 Å². The first-order valence-electron chi connectivity index (χ1n) is 17.1. The van der Waals surface area contributed by atoms with Crippen LogP contribution in [0, 0.1) is 20.2 Å². The number of alkyl halides is 14. The van der Waals surface area contributed by atoms with Crippen molar-refractivity contribution in [3.05, 3.63) is 122 Å². The minimum atomic E-state index is -6.37. The van der Waals surface area contributed by atoms with Crippen LogP contribution in [0.3, 0.4) is 0 Å². The van der Waals surface area contributed by atoms with Crippen molar-refractivity contribution in [2.75, 3.05) is 32.0 Å². The van der Waals surface area contributed by atoms with E-state index in [1.54, 1.807) is 0 Å². The Bertz CT molecular complexity index is 2350. The minimum absolute atomic E-state index is 0. The smallest absolute Gasteiger partial charge is 1.00 e. The largest absolute Gasteiger partial charge is 1.00 e. The van der Waals surface area contributed by atoms with Gasteiger partial charge in [-0.3, -0.25) is 34.6 Å². The van der Waals surface area contributed by atoms with Crippen molar-refractivity contribution in [1.82, 2.24) is 0 Å². The fourth-order valence-electron chi connectivity index (χ4n) is 5.24. The Morgan fingerprint density at radius 2 is 0.889 bits per heavy atom. The normalized spacial score (nSPS) is 11.4. The summed E-state index contributed by atoms with van der Waals surface area (Å²) >= 11 is 16.8. The molecular formula is C36H24Br2Cl2F14K2N4O12. The number of amides is 2. The summed E-state index contributed by atoms with van der Waals surface area (Å²) in [4.78, 5) is 56.8. The second kappa shape index (κ2) is 29.1. The number of carbonyl (C=O) groups is 3. The molecule has 72 heavy (non-hydrogen) atoms. The standard InChI is InChI=1S/2C17H9BrClF7N2O4.CH2O3.CH4O.2K.H/c2*1-32-13-8(3-2-4-11(13)28(30)31)14(29)27-12-9(18)5-7(6-10(12)19)15(20,16(21,22)23)17(24,25)26;2-1-4-3;1-2;;;/h2*2-6H,1H3,(H,27,29);1,3H;2H,1H3;;;/q;;;;2*+1;-1/p-1. The van der Waals surface area contributed by atoms with E-state index < -0.39 is 122 Å². The number of aliphatic hydroxyl groups excluding tert-OH is 1. The Labute approximate surface area is 506 Å². The van der Waals surface area contributed by atoms with Crippen LogP contribution in [-0.2, 0) is 21.0 Å². The van der Waals surface area contributed by atoms with Crippen molar-refractivity contribution in [3.63, 3.8) is 0 Å². The molecule has 0 bridgehead atoms. The quantitative estimate of drug-likeness (QED) is 0.0435. The van der Waals surface area contributed by atoms with Crippen molar-refractivity contribution in [2.24, 2.45) is 0 Å². The van der Waals surface area contributed by atoms with E-state index >= 15 is 0 Å². The molecule has 16 nitrogen and oxygen atoms in total. The molecule has 0 spiro atoms. The Hall–Kier alpha value is -2.56. The van der Waals surface area contributed by atoms with E-state index in [9.17, 15) is 91.3 Å². The Morgan fingerprint density at radius 1 is 0.625 bits per heavy atom. The van der Waals surface area contributed by atoms with E-state index in [0.717, 1.165) is 57.7 Å². The van der Waals surface area contributed by atoms with Gasteiger partial charge in [0.2, 0.25) is 11.5 Å². The van der Waals surface area contributed by atoms with Crippen LogP contribution in [0.5, 0.6) is 11.5 Å². The summed E-state index contributed by atoms with van der Waals surface area (Å²) in [5, 5.41) is 40.0. The zero-order valence-electron chi connectivity index (χ0n) is 37.0. The zero-order chi connectivity index (χ0) is 54.7. The summed E-state index contributed by atoms with van der Waals surface area (Å²) in [6.45, 7) is -0.181. The molecule has 0 aliphatic rings.